The van der Waals surface area contributed by atoms with Gasteiger partial charge >= 0.3 is 0 Å². The van der Waals surface area contributed by atoms with Crippen LogP contribution in [0.2, 0.25) is 0 Å². The third-order valence-electron chi connectivity index (χ3n) is 6.74. The van der Waals surface area contributed by atoms with Crippen LogP contribution < -0.4 is 10.0 Å². The molecule has 35 heavy (non-hydrogen) atoms. The lowest BCUT2D eigenvalue weighted by atomic mass is 9.92. The molecule has 2 N–H and O–H groups in total. The summed E-state index contributed by atoms with van der Waals surface area (Å²) in [5.41, 5.74) is 3.36. The molecule has 2 aromatic carbocycles. The summed E-state index contributed by atoms with van der Waals surface area (Å²) < 4.78 is 42.5. The predicted octanol–water partition coefficient (Wildman–Crippen LogP) is 4.58. The molecule has 0 unspecified atom stereocenters. The largest absolute Gasteiger partial charge is 0.360 e. The second-order valence-corrected chi connectivity index (χ2v) is 11.0. The van der Waals surface area contributed by atoms with Gasteiger partial charge in [-0.2, -0.15) is 0 Å². The summed E-state index contributed by atoms with van der Waals surface area (Å²) in [6.45, 7) is 7.92. The van der Waals surface area contributed by atoms with Crippen LogP contribution in [0, 0.1) is 11.7 Å². The molecule has 1 atom stereocenters. The highest BCUT2D eigenvalue weighted by Gasteiger charge is 2.26. The molecule has 1 saturated heterocycles. The van der Waals surface area contributed by atoms with Crippen molar-refractivity contribution in [1.29, 1.82) is 0 Å². The Morgan fingerprint density at radius 1 is 1.09 bits per heavy atom. The molecule has 2 aromatic rings. The van der Waals surface area contributed by atoms with Gasteiger partial charge in [0.15, 0.2) is 0 Å². The minimum absolute atomic E-state index is 0.0574. The maximum absolute atomic E-state index is 13.7. The highest BCUT2D eigenvalue weighted by Crippen LogP contribution is 2.27. The fraction of sp³-hybridized carbons (Fsp3) is 0.407. The Kier molecular flexibility index (Phi) is 8.26. The molecule has 188 valence electrons. The standard InChI is InChI=1S/C27H35FN4O2S/c1-3-31-19-21(2)29-27(20-31)23-12-15-32(16-13-23)17-14-26(22-8-5-4-6-9-22)30-35(33,34)25-11-7-10-24(28)18-25/h4-11,18-20,23,26,29-30H,3,12-17H2,1-2H3/t26-/m1/s1. The van der Waals surface area contributed by atoms with E-state index in [9.17, 15) is 12.8 Å². The average molecular weight is 499 g/mol. The van der Waals surface area contributed by atoms with Crippen molar-refractivity contribution in [3.05, 3.63) is 89.8 Å². The molecule has 0 saturated carbocycles. The van der Waals surface area contributed by atoms with Gasteiger partial charge in [0.1, 0.15) is 5.82 Å². The van der Waals surface area contributed by atoms with E-state index >= 15 is 0 Å². The van der Waals surface area contributed by atoms with E-state index in [2.05, 4.69) is 46.1 Å². The number of halogens is 1. The van der Waals surface area contributed by atoms with Crippen molar-refractivity contribution in [1.82, 2.24) is 19.8 Å². The number of hydrogen-bond acceptors (Lipinski definition) is 5. The van der Waals surface area contributed by atoms with E-state index in [1.807, 2.05) is 30.3 Å². The van der Waals surface area contributed by atoms with Gasteiger partial charge in [-0.3, -0.25) is 0 Å². The average Bonchev–Trinajstić information content (AvgIpc) is 2.87. The van der Waals surface area contributed by atoms with Gasteiger partial charge < -0.3 is 15.1 Å². The molecule has 0 aliphatic carbocycles. The van der Waals surface area contributed by atoms with E-state index in [1.54, 1.807) is 0 Å². The number of benzene rings is 2. The summed E-state index contributed by atoms with van der Waals surface area (Å²) in [5, 5.41) is 3.54. The lowest BCUT2D eigenvalue weighted by Crippen LogP contribution is -2.39. The first-order valence-corrected chi connectivity index (χ1v) is 13.8. The first kappa shape index (κ1) is 25.4. The number of allylic oxidation sites excluding steroid dienone is 2. The predicted molar refractivity (Wildman–Crippen MR) is 137 cm³/mol. The van der Waals surface area contributed by atoms with Crippen LogP contribution in [0.15, 0.2) is 83.3 Å². The number of hydrogen-bond donors (Lipinski definition) is 2. The topological polar surface area (TPSA) is 64.7 Å². The summed E-state index contributed by atoms with van der Waals surface area (Å²) in [7, 11) is -3.85. The van der Waals surface area contributed by atoms with Crippen LogP contribution in [0.4, 0.5) is 4.39 Å². The molecule has 0 bridgehead atoms. The number of likely N-dealkylation sites (tertiary alicyclic amines) is 1. The van der Waals surface area contributed by atoms with Crippen LogP contribution in [0.5, 0.6) is 0 Å². The van der Waals surface area contributed by atoms with Crippen LogP contribution in [0.1, 0.15) is 44.7 Å². The second-order valence-electron chi connectivity index (χ2n) is 9.30. The third-order valence-corrected chi connectivity index (χ3v) is 8.21. The van der Waals surface area contributed by atoms with Gasteiger partial charge in [0.2, 0.25) is 10.0 Å². The lowest BCUT2D eigenvalue weighted by molar-refractivity contribution is 0.188. The number of rotatable bonds is 9. The molecule has 0 spiro atoms. The van der Waals surface area contributed by atoms with Crippen LogP contribution in [0.3, 0.4) is 0 Å². The van der Waals surface area contributed by atoms with Gasteiger partial charge in [0.25, 0.3) is 0 Å². The Hall–Kier alpha value is -2.68. The van der Waals surface area contributed by atoms with Gasteiger partial charge in [-0.15, -0.1) is 0 Å². The van der Waals surface area contributed by atoms with E-state index in [1.165, 1.54) is 29.6 Å². The number of nitrogens with one attached hydrogen (secondary N) is 2. The third kappa shape index (κ3) is 6.72. The Morgan fingerprint density at radius 2 is 1.83 bits per heavy atom. The summed E-state index contributed by atoms with van der Waals surface area (Å²) in [6, 6.07) is 14.3. The van der Waals surface area contributed by atoms with E-state index in [0.29, 0.717) is 12.3 Å². The normalized spacial score (nSPS) is 18.5. The molecule has 0 radical (unpaired) electrons. The number of piperidine rings is 1. The first-order valence-electron chi connectivity index (χ1n) is 12.3. The van der Waals surface area contributed by atoms with Gasteiger partial charge in [0.05, 0.1) is 4.90 Å². The van der Waals surface area contributed by atoms with Crippen molar-refractivity contribution in [3.63, 3.8) is 0 Å². The Morgan fingerprint density at radius 3 is 2.51 bits per heavy atom. The summed E-state index contributed by atoms with van der Waals surface area (Å²) in [6.07, 6.45) is 7.12. The molecule has 2 aliphatic rings. The first-order chi connectivity index (χ1) is 16.8. The SMILES string of the molecule is CCN1C=C(C)NC(C2CCN(CC[C@@H](NS(=O)(=O)c3cccc(F)c3)c3ccccc3)CC2)=C1. The van der Waals surface area contributed by atoms with E-state index in [4.69, 9.17) is 0 Å². The smallest absolute Gasteiger partial charge is 0.241 e. The zero-order chi connectivity index (χ0) is 24.8. The summed E-state index contributed by atoms with van der Waals surface area (Å²) >= 11 is 0. The highest BCUT2D eigenvalue weighted by atomic mass is 32.2. The van der Waals surface area contributed by atoms with Crippen LogP contribution in [0.25, 0.3) is 0 Å². The minimum Gasteiger partial charge on any atom is -0.360 e. The number of sulfonamides is 1. The molecule has 0 amide bonds. The minimum atomic E-state index is -3.85. The second kappa shape index (κ2) is 11.4. The monoisotopic (exact) mass is 498 g/mol. The summed E-state index contributed by atoms with van der Waals surface area (Å²) in [5.74, 6) is -0.0670. The van der Waals surface area contributed by atoms with Gasteiger partial charge in [0, 0.05) is 42.3 Å². The zero-order valence-electron chi connectivity index (χ0n) is 20.5. The van der Waals surface area contributed by atoms with Gasteiger partial charge in [-0.25, -0.2) is 17.5 Å². The maximum atomic E-state index is 13.7. The van der Waals surface area contributed by atoms with Crippen molar-refractivity contribution in [2.24, 2.45) is 5.92 Å². The molecule has 8 heteroatoms. The Balaban J connectivity index is 1.38. The van der Waals surface area contributed by atoms with Crippen molar-refractivity contribution in [2.45, 2.75) is 44.0 Å². The molecule has 2 aliphatic heterocycles. The summed E-state index contributed by atoms with van der Waals surface area (Å²) in [4.78, 5) is 4.58. The molecule has 4 rings (SSSR count). The Labute approximate surface area is 208 Å². The fourth-order valence-corrected chi connectivity index (χ4v) is 6.08. The van der Waals surface area contributed by atoms with Crippen LogP contribution >= 0.6 is 0 Å². The van der Waals surface area contributed by atoms with Crippen LogP contribution in [-0.2, 0) is 10.0 Å². The van der Waals surface area contributed by atoms with Crippen molar-refractivity contribution >= 4 is 10.0 Å². The van der Waals surface area contributed by atoms with E-state index < -0.39 is 21.9 Å². The van der Waals surface area contributed by atoms with Gasteiger partial charge in [-0.05, 0) is 76.5 Å². The quantitative estimate of drug-likeness (QED) is 0.530. The van der Waals surface area contributed by atoms with E-state index in [0.717, 1.165) is 50.7 Å². The maximum Gasteiger partial charge on any atom is 0.241 e. The number of nitrogens with zero attached hydrogens (tertiary/aromatic N) is 2. The lowest BCUT2D eigenvalue weighted by Gasteiger charge is -2.36. The molecule has 6 nitrogen and oxygen atoms in total. The Bertz CT molecular complexity index is 1160. The zero-order valence-corrected chi connectivity index (χ0v) is 21.3. The molecule has 1 fully saturated rings. The van der Waals surface area contributed by atoms with Crippen molar-refractivity contribution < 1.29 is 12.8 Å². The van der Waals surface area contributed by atoms with Gasteiger partial charge in [-0.1, -0.05) is 36.4 Å². The van der Waals surface area contributed by atoms with E-state index in [-0.39, 0.29) is 4.90 Å². The van der Waals surface area contributed by atoms with Crippen LogP contribution in [-0.4, -0.2) is 44.4 Å². The highest BCUT2D eigenvalue weighted by molar-refractivity contribution is 7.89. The molecular weight excluding hydrogens is 463 g/mol. The molecule has 2 heterocycles. The van der Waals surface area contributed by atoms with Crippen molar-refractivity contribution in [2.75, 3.05) is 26.2 Å². The van der Waals surface area contributed by atoms with Crippen molar-refractivity contribution in [3.8, 4) is 0 Å². The fourth-order valence-electron chi connectivity index (χ4n) is 4.79. The molecule has 0 aromatic heterocycles. The molecular formula is C27H35FN4O2S.